The van der Waals surface area contributed by atoms with E-state index in [1.807, 2.05) is 11.8 Å². The van der Waals surface area contributed by atoms with Crippen LogP contribution in [0.2, 0.25) is 0 Å². The van der Waals surface area contributed by atoms with Crippen LogP contribution in [0.25, 0.3) is 0 Å². The zero-order valence-corrected chi connectivity index (χ0v) is 11.1. The summed E-state index contributed by atoms with van der Waals surface area (Å²) in [7, 11) is 0. The van der Waals surface area contributed by atoms with Crippen molar-refractivity contribution in [1.82, 2.24) is 4.90 Å². The summed E-state index contributed by atoms with van der Waals surface area (Å²) in [5.74, 6) is 0.684. The van der Waals surface area contributed by atoms with Crippen LogP contribution in [0.5, 0.6) is 0 Å². The number of hydrogen-bond acceptors (Lipinski definition) is 3. The van der Waals surface area contributed by atoms with Crippen molar-refractivity contribution in [2.24, 2.45) is 5.73 Å². The van der Waals surface area contributed by atoms with E-state index in [2.05, 4.69) is 17.5 Å². The molecule has 0 saturated carbocycles. The van der Waals surface area contributed by atoms with E-state index in [0.29, 0.717) is 12.3 Å². The summed E-state index contributed by atoms with van der Waals surface area (Å²) in [6.07, 6.45) is 2.55. The van der Waals surface area contributed by atoms with Crippen LogP contribution in [0.3, 0.4) is 0 Å². The second-order valence-electron chi connectivity index (χ2n) is 4.76. The molecule has 94 valence electrons. The first-order valence-electron chi connectivity index (χ1n) is 6.27. The molecular formula is C13H20N2OS. The Balaban J connectivity index is 2.04. The van der Waals surface area contributed by atoms with Gasteiger partial charge in [-0.3, -0.25) is 4.79 Å². The molecule has 1 aliphatic heterocycles. The second-order valence-corrected chi connectivity index (χ2v) is 5.74. The van der Waals surface area contributed by atoms with Gasteiger partial charge in [0, 0.05) is 36.3 Å². The maximum atomic E-state index is 11.9. The number of thiophene rings is 1. The number of rotatable bonds is 3. The Bertz CT molecular complexity index is 364. The first kappa shape index (κ1) is 12.6. The van der Waals surface area contributed by atoms with Crippen LogP contribution in [0.4, 0.5) is 0 Å². The fourth-order valence-corrected chi connectivity index (χ4v) is 3.28. The van der Waals surface area contributed by atoms with E-state index in [1.54, 1.807) is 11.3 Å². The van der Waals surface area contributed by atoms with E-state index in [9.17, 15) is 4.79 Å². The summed E-state index contributed by atoms with van der Waals surface area (Å²) in [6, 6.07) is 4.34. The van der Waals surface area contributed by atoms with Gasteiger partial charge in [0.15, 0.2) is 0 Å². The number of piperidine rings is 1. The van der Waals surface area contributed by atoms with Crippen molar-refractivity contribution < 1.29 is 4.79 Å². The highest BCUT2D eigenvalue weighted by Crippen LogP contribution is 2.29. The average Bonchev–Trinajstić information content (AvgIpc) is 2.82. The van der Waals surface area contributed by atoms with Crippen molar-refractivity contribution in [2.75, 3.05) is 13.1 Å². The van der Waals surface area contributed by atoms with Crippen LogP contribution in [-0.4, -0.2) is 29.9 Å². The first-order chi connectivity index (χ1) is 8.20. The summed E-state index contributed by atoms with van der Waals surface area (Å²) >= 11 is 1.77. The van der Waals surface area contributed by atoms with Gasteiger partial charge in [-0.25, -0.2) is 0 Å². The minimum atomic E-state index is 0.122. The standard InChI is InChI=1S/C13H20N2OS/c1-2-4-13(16)15-8-10(7-11(14)9-15)12-5-3-6-17-12/h3,5-6,10-11H,2,4,7-9,14H2,1H3. The van der Waals surface area contributed by atoms with E-state index >= 15 is 0 Å². The lowest BCUT2D eigenvalue weighted by Gasteiger charge is -2.36. The summed E-state index contributed by atoms with van der Waals surface area (Å²) in [5, 5.41) is 2.09. The molecule has 2 unspecified atom stereocenters. The minimum absolute atomic E-state index is 0.122. The highest BCUT2D eigenvalue weighted by Gasteiger charge is 2.28. The van der Waals surface area contributed by atoms with Crippen molar-refractivity contribution in [3.05, 3.63) is 22.4 Å². The number of hydrogen-bond donors (Lipinski definition) is 1. The van der Waals surface area contributed by atoms with Crippen LogP contribution >= 0.6 is 11.3 Å². The number of nitrogens with two attached hydrogens (primary N) is 1. The van der Waals surface area contributed by atoms with Gasteiger partial charge < -0.3 is 10.6 Å². The molecule has 0 aliphatic carbocycles. The van der Waals surface area contributed by atoms with Crippen LogP contribution < -0.4 is 5.73 Å². The molecule has 2 rings (SSSR count). The van der Waals surface area contributed by atoms with E-state index in [0.717, 1.165) is 25.9 Å². The predicted molar refractivity (Wildman–Crippen MR) is 71.1 cm³/mol. The predicted octanol–water partition coefficient (Wildman–Crippen LogP) is 2.19. The lowest BCUT2D eigenvalue weighted by molar-refractivity contribution is -0.132. The Kier molecular flexibility index (Phi) is 4.18. The SMILES string of the molecule is CCCC(=O)N1CC(N)CC(c2cccs2)C1. The fraction of sp³-hybridized carbons (Fsp3) is 0.615. The zero-order chi connectivity index (χ0) is 12.3. The van der Waals surface area contributed by atoms with Crippen molar-refractivity contribution in [3.63, 3.8) is 0 Å². The highest BCUT2D eigenvalue weighted by molar-refractivity contribution is 7.10. The number of likely N-dealkylation sites (tertiary alicyclic amines) is 1. The second kappa shape index (κ2) is 5.65. The first-order valence-corrected chi connectivity index (χ1v) is 7.15. The van der Waals surface area contributed by atoms with Gasteiger partial charge in [-0.1, -0.05) is 13.0 Å². The minimum Gasteiger partial charge on any atom is -0.341 e. The molecule has 2 heterocycles. The number of carbonyl (C=O) groups excluding carboxylic acids is 1. The summed E-state index contributed by atoms with van der Waals surface area (Å²) < 4.78 is 0. The molecule has 0 radical (unpaired) electrons. The molecule has 1 amide bonds. The van der Waals surface area contributed by atoms with Gasteiger partial charge in [0.1, 0.15) is 0 Å². The molecule has 17 heavy (non-hydrogen) atoms. The van der Waals surface area contributed by atoms with Crippen molar-refractivity contribution in [3.8, 4) is 0 Å². The summed E-state index contributed by atoms with van der Waals surface area (Å²) in [4.78, 5) is 15.2. The van der Waals surface area contributed by atoms with Gasteiger partial charge >= 0.3 is 0 Å². The van der Waals surface area contributed by atoms with Gasteiger partial charge in [0.2, 0.25) is 5.91 Å². The van der Waals surface area contributed by atoms with Gasteiger partial charge in [0.05, 0.1) is 0 Å². The largest absolute Gasteiger partial charge is 0.341 e. The molecule has 0 bridgehead atoms. The van der Waals surface area contributed by atoms with E-state index < -0.39 is 0 Å². The summed E-state index contributed by atoms with van der Waals surface area (Å²) in [6.45, 7) is 3.60. The fourth-order valence-electron chi connectivity index (χ4n) is 2.44. The molecule has 1 saturated heterocycles. The van der Waals surface area contributed by atoms with Crippen LogP contribution in [0.1, 0.15) is 37.0 Å². The average molecular weight is 252 g/mol. The number of nitrogens with zero attached hydrogens (tertiary/aromatic N) is 1. The third kappa shape index (κ3) is 3.07. The molecule has 0 spiro atoms. The number of amides is 1. The molecule has 1 aromatic rings. The molecule has 0 aromatic carbocycles. The molecule has 2 atom stereocenters. The molecule has 4 heteroatoms. The third-order valence-electron chi connectivity index (χ3n) is 3.25. The van der Waals surface area contributed by atoms with Gasteiger partial charge in [-0.2, -0.15) is 0 Å². The molecular weight excluding hydrogens is 232 g/mol. The van der Waals surface area contributed by atoms with Gasteiger partial charge in [-0.05, 0) is 24.3 Å². The Hall–Kier alpha value is -0.870. The van der Waals surface area contributed by atoms with E-state index in [4.69, 9.17) is 5.73 Å². The highest BCUT2D eigenvalue weighted by atomic mass is 32.1. The normalized spacial score (nSPS) is 24.9. The molecule has 2 N–H and O–H groups in total. The molecule has 1 aliphatic rings. The quantitative estimate of drug-likeness (QED) is 0.896. The van der Waals surface area contributed by atoms with Crippen LogP contribution in [-0.2, 0) is 4.79 Å². The monoisotopic (exact) mass is 252 g/mol. The Morgan fingerprint density at radius 2 is 2.41 bits per heavy atom. The third-order valence-corrected chi connectivity index (χ3v) is 4.28. The number of carbonyl (C=O) groups is 1. The van der Waals surface area contributed by atoms with Crippen LogP contribution in [0.15, 0.2) is 17.5 Å². The molecule has 1 aromatic heterocycles. The summed E-state index contributed by atoms with van der Waals surface area (Å²) in [5.41, 5.74) is 6.07. The Labute approximate surface area is 107 Å². The smallest absolute Gasteiger partial charge is 0.222 e. The zero-order valence-electron chi connectivity index (χ0n) is 10.3. The topological polar surface area (TPSA) is 46.3 Å². The van der Waals surface area contributed by atoms with Crippen molar-refractivity contribution >= 4 is 17.2 Å². The van der Waals surface area contributed by atoms with Gasteiger partial charge in [0.25, 0.3) is 0 Å². The van der Waals surface area contributed by atoms with Crippen LogP contribution in [0, 0.1) is 0 Å². The lowest BCUT2D eigenvalue weighted by Crippen LogP contribution is -2.48. The lowest BCUT2D eigenvalue weighted by atomic mass is 9.93. The van der Waals surface area contributed by atoms with E-state index in [-0.39, 0.29) is 11.9 Å². The Morgan fingerprint density at radius 1 is 1.59 bits per heavy atom. The maximum absolute atomic E-state index is 11.9. The molecule has 1 fully saturated rings. The van der Waals surface area contributed by atoms with Crippen molar-refractivity contribution in [1.29, 1.82) is 0 Å². The van der Waals surface area contributed by atoms with E-state index in [1.165, 1.54) is 4.88 Å². The van der Waals surface area contributed by atoms with Gasteiger partial charge in [-0.15, -0.1) is 11.3 Å². The van der Waals surface area contributed by atoms with Crippen molar-refractivity contribution in [2.45, 2.75) is 38.1 Å². The maximum Gasteiger partial charge on any atom is 0.222 e. The Morgan fingerprint density at radius 3 is 3.06 bits per heavy atom. The molecule has 3 nitrogen and oxygen atoms in total.